The van der Waals surface area contributed by atoms with E-state index in [1.165, 1.54) is 42.8 Å². The largest absolute Gasteiger partial charge is 0.351 e. The summed E-state index contributed by atoms with van der Waals surface area (Å²) < 4.78 is 0. The molecular weight excluding hydrogens is 354 g/mol. The fourth-order valence-electron chi connectivity index (χ4n) is 3.73. The lowest BCUT2D eigenvalue weighted by atomic mass is 9.99. The fraction of sp³-hybridized carbons (Fsp3) is 0.455. The molecule has 0 spiro atoms. The van der Waals surface area contributed by atoms with Crippen LogP contribution in [-0.2, 0) is 0 Å². The highest BCUT2D eigenvalue weighted by molar-refractivity contribution is 7.20. The van der Waals surface area contributed by atoms with E-state index >= 15 is 0 Å². The molecule has 1 saturated heterocycles. The van der Waals surface area contributed by atoms with E-state index in [0.717, 1.165) is 51.4 Å². The van der Waals surface area contributed by atoms with E-state index in [1.54, 1.807) is 0 Å². The molecule has 142 valence electrons. The third kappa shape index (κ3) is 4.30. The van der Waals surface area contributed by atoms with E-state index in [2.05, 4.69) is 48.3 Å². The molecule has 1 fully saturated rings. The summed E-state index contributed by atoms with van der Waals surface area (Å²) in [5.74, 6) is 0.883. The number of piperidine rings is 1. The van der Waals surface area contributed by atoms with Crippen molar-refractivity contribution in [2.75, 3.05) is 26.2 Å². The van der Waals surface area contributed by atoms with E-state index in [9.17, 15) is 4.79 Å². The van der Waals surface area contributed by atoms with Gasteiger partial charge < -0.3 is 10.2 Å². The van der Waals surface area contributed by atoms with Gasteiger partial charge in [0.15, 0.2) is 0 Å². The highest BCUT2D eigenvalue weighted by Gasteiger charge is 2.15. The summed E-state index contributed by atoms with van der Waals surface area (Å²) in [6.07, 6.45) is 3.61. The number of hydrogen-bond acceptors (Lipinski definition) is 4. The number of benzene rings is 1. The van der Waals surface area contributed by atoms with Gasteiger partial charge in [0, 0.05) is 17.3 Å². The minimum atomic E-state index is 0.0190. The van der Waals surface area contributed by atoms with Crippen LogP contribution in [0.3, 0.4) is 0 Å². The summed E-state index contributed by atoms with van der Waals surface area (Å²) >= 11 is 1.48. The number of likely N-dealkylation sites (tertiary alicyclic amines) is 1. The summed E-state index contributed by atoms with van der Waals surface area (Å²) in [4.78, 5) is 21.4. The Morgan fingerprint density at radius 1 is 1.22 bits per heavy atom. The number of rotatable bonds is 5. The first-order valence-electron chi connectivity index (χ1n) is 9.90. The maximum absolute atomic E-state index is 12.5. The Bertz CT molecular complexity index is 957. The predicted octanol–water partition coefficient (Wildman–Crippen LogP) is 4.61. The van der Waals surface area contributed by atoms with E-state index in [4.69, 9.17) is 4.98 Å². The van der Waals surface area contributed by atoms with Gasteiger partial charge in [-0.15, -0.1) is 11.3 Å². The van der Waals surface area contributed by atoms with Gasteiger partial charge >= 0.3 is 0 Å². The van der Waals surface area contributed by atoms with Crippen LogP contribution in [0, 0.1) is 12.8 Å². The number of aryl methyl sites for hydroxylation is 1. The van der Waals surface area contributed by atoms with Gasteiger partial charge in [0.2, 0.25) is 0 Å². The van der Waals surface area contributed by atoms with Gasteiger partial charge in [0.05, 0.1) is 10.4 Å². The predicted molar refractivity (Wildman–Crippen MR) is 114 cm³/mol. The van der Waals surface area contributed by atoms with Gasteiger partial charge in [-0.25, -0.2) is 4.98 Å². The van der Waals surface area contributed by atoms with Crippen molar-refractivity contribution in [3.63, 3.8) is 0 Å². The molecule has 5 heteroatoms. The third-order valence-corrected chi connectivity index (χ3v) is 6.54. The quantitative estimate of drug-likeness (QED) is 0.657. The molecule has 0 atom stereocenters. The Balaban J connectivity index is 1.35. The van der Waals surface area contributed by atoms with Crippen LogP contribution in [0.4, 0.5) is 0 Å². The molecule has 4 rings (SSSR count). The maximum atomic E-state index is 12.5. The van der Waals surface area contributed by atoms with E-state index in [1.807, 2.05) is 6.07 Å². The molecule has 3 heterocycles. The van der Waals surface area contributed by atoms with Crippen LogP contribution in [0.25, 0.3) is 21.1 Å². The van der Waals surface area contributed by atoms with E-state index in [0.29, 0.717) is 0 Å². The molecule has 2 aromatic heterocycles. The van der Waals surface area contributed by atoms with Crippen LogP contribution in [0.5, 0.6) is 0 Å². The van der Waals surface area contributed by atoms with E-state index < -0.39 is 0 Å². The number of nitrogens with one attached hydrogen (secondary N) is 1. The van der Waals surface area contributed by atoms with Crippen LogP contribution in [0.2, 0.25) is 0 Å². The summed E-state index contributed by atoms with van der Waals surface area (Å²) in [7, 11) is 0. The molecular formula is C22H27N3OS. The second kappa shape index (κ2) is 7.95. The number of carbonyl (C=O) groups is 1. The third-order valence-electron chi connectivity index (χ3n) is 5.50. The molecule has 0 saturated carbocycles. The fourth-order valence-corrected chi connectivity index (χ4v) is 4.66. The Morgan fingerprint density at radius 3 is 2.85 bits per heavy atom. The van der Waals surface area contributed by atoms with Crippen molar-refractivity contribution in [1.82, 2.24) is 15.2 Å². The first kappa shape index (κ1) is 18.4. The molecule has 1 aliphatic heterocycles. The number of nitrogens with zero attached hydrogens (tertiary/aromatic N) is 2. The smallest absolute Gasteiger partial charge is 0.261 e. The second-order valence-corrected chi connectivity index (χ2v) is 8.85. The van der Waals surface area contributed by atoms with Crippen molar-refractivity contribution in [3.05, 3.63) is 40.8 Å². The first-order valence-corrected chi connectivity index (χ1v) is 10.7. The average molecular weight is 382 g/mol. The van der Waals surface area contributed by atoms with Crippen LogP contribution in [0.15, 0.2) is 30.3 Å². The normalized spacial score (nSPS) is 16.2. The van der Waals surface area contributed by atoms with Crippen molar-refractivity contribution in [2.24, 2.45) is 5.92 Å². The van der Waals surface area contributed by atoms with Crippen molar-refractivity contribution in [1.29, 1.82) is 0 Å². The zero-order chi connectivity index (χ0) is 18.8. The number of carbonyl (C=O) groups excluding carboxylic acids is 1. The minimum absolute atomic E-state index is 0.0190. The summed E-state index contributed by atoms with van der Waals surface area (Å²) in [6, 6.07) is 10.4. The van der Waals surface area contributed by atoms with Crippen molar-refractivity contribution < 1.29 is 4.79 Å². The zero-order valence-corrected chi connectivity index (χ0v) is 16.9. The molecule has 0 aliphatic carbocycles. The highest BCUT2D eigenvalue weighted by Crippen LogP contribution is 2.27. The van der Waals surface area contributed by atoms with Gasteiger partial charge in [-0.1, -0.05) is 19.1 Å². The van der Waals surface area contributed by atoms with Gasteiger partial charge in [-0.2, -0.15) is 0 Å². The Kier molecular flexibility index (Phi) is 5.41. The van der Waals surface area contributed by atoms with Crippen LogP contribution >= 0.6 is 11.3 Å². The standard InChI is InChI=1S/C22H27N3OS/c1-15-6-10-25(11-7-15)9-3-8-23-21(26)20-14-18-13-17-5-4-16(2)12-19(17)24-22(18)27-20/h4-5,12-15H,3,6-11H2,1-2H3,(H,23,26). The van der Waals surface area contributed by atoms with Crippen LogP contribution in [0.1, 0.15) is 41.4 Å². The molecule has 1 amide bonds. The number of hydrogen-bond donors (Lipinski definition) is 1. The highest BCUT2D eigenvalue weighted by atomic mass is 32.1. The van der Waals surface area contributed by atoms with Gasteiger partial charge in [-0.05, 0) is 75.5 Å². The SMILES string of the molecule is Cc1ccc2cc3cc(C(=O)NCCCN4CCC(C)CC4)sc3nc2c1. The lowest BCUT2D eigenvalue weighted by molar-refractivity contribution is 0.0954. The zero-order valence-electron chi connectivity index (χ0n) is 16.1. The molecule has 3 aromatic rings. The molecule has 1 aliphatic rings. The monoisotopic (exact) mass is 381 g/mol. The number of amides is 1. The lowest BCUT2D eigenvalue weighted by Crippen LogP contribution is -2.35. The summed E-state index contributed by atoms with van der Waals surface area (Å²) in [5.41, 5.74) is 2.19. The second-order valence-electron chi connectivity index (χ2n) is 7.82. The summed E-state index contributed by atoms with van der Waals surface area (Å²) in [6.45, 7) is 8.61. The molecule has 0 bridgehead atoms. The van der Waals surface area contributed by atoms with Gasteiger partial charge in [0.25, 0.3) is 5.91 Å². The number of pyridine rings is 1. The average Bonchev–Trinajstić information content (AvgIpc) is 3.07. The van der Waals surface area contributed by atoms with Gasteiger partial charge in [-0.3, -0.25) is 4.79 Å². The minimum Gasteiger partial charge on any atom is -0.351 e. The van der Waals surface area contributed by atoms with Crippen molar-refractivity contribution in [2.45, 2.75) is 33.1 Å². The van der Waals surface area contributed by atoms with Crippen LogP contribution < -0.4 is 5.32 Å². The number of thiophene rings is 1. The van der Waals surface area contributed by atoms with E-state index in [-0.39, 0.29) is 5.91 Å². The molecule has 1 N–H and O–H groups in total. The Labute approximate surface area is 164 Å². The summed E-state index contributed by atoms with van der Waals surface area (Å²) in [5, 5.41) is 5.24. The molecule has 0 radical (unpaired) electrons. The first-order chi connectivity index (χ1) is 13.1. The van der Waals surface area contributed by atoms with Crippen molar-refractivity contribution >= 4 is 38.4 Å². The molecule has 4 nitrogen and oxygen atoms in total. The molecule has 27 heavy (non-hydrogen) atoms. The van der Waals surface area contributed by atoms with Gasteiger partial charge in [0.1, 0.15) is 4.83 Å². The van der Waals surface area contributed by atoms with Crippen LogP contribution in [-0.4, -0.2) is 42.0 Å². The van der Waals surface area contributed by atoms with Crippen molar-refractivity contribution in [3.8, 4) is 0 Å². The number of fused-ring (bicyclic) bond motifs is 2. The molecule has 1 aromatic carbocycles. The maximum Gasteiger partial charge on any atom is 0.261 e. The lowest BCUT2D eigenvalue weighted by Gasteiger charge is -2.30. The topological polar surface area (TPSA) is 45.2 Å². The Morgan fingerprint density at radius 2 is 2.04 bits per heavy atom. The Hall–Kier alpha value is -1.98. The number of aromatic nitrogens is 1. The molecule has 0 unspecified atom stereocenters.